The molecule has 1 aliphatic carbocycles. The van der Waals surface area contributed by atoms with Crippen molar-refractivity contribution in [3.63, 3.8) is 0 Å². The predicted octanol–water partition coefficient (Wildman–Crippen LogP) is 3.37. The smallest absolute Gasteiger partial charge is 0.323 e. The molecule has 37 heavy (non-hydrogen) atoms. The lowest BCUT2D eigenvalue weighted by molar-refractivity contribution is -0.148. The number of carbonyl (C=O) groups excluding carboxylic acids is 1. The highest BCUT2D eigenvalue weighted by Crippen LogP contribution is 2.31. The Bertz CT molecular complexity index is 1400. The Morgan fingerprint density at radius 1 is 1.19 bits per heavy atom. The summed E-state index contributed by atoms with van der Waals surface area (Å²) >= 11 is 3.54. The Balaban J connectivity index is 1.57. The van der Waals surface area contributed by atoms with Crippen LogP contribution in [-0.4, -0.2) is 44.0 Å². The van der Waals surface area contributed by atoms with Crippen LogP contribution in [0.2, 0.25) is 0 Å². The molecule has 1 aliphatic heterocycles. The number of cyclic esters (lactones) is 1. The van der Waals surface area contributed by atoms with Gasteiger partial charge in [-0.25, -0.2) is 9.98 Å². The molecule has 10 nitrogen and oxygen atoms in total. The zero-order valence-corrected chi connectivity index (χ0v) is 22.6. The topological polar surface area (TPSA) is 129 Å². The van der Waals surface area contributed by atoms with Crippen LogP contribution in [0.25, 0.3) is 5.65 Å². The quantitative estimate of drug-likeness (QED) is 0.397. The zero-order valence-electron chi connectivity index (χ0n) is 21.1. The van der Waals surface area contributed by atoms with Gasteiger partial charge in [0.1, 0.15) is 11.9 Å². The Hall–Kier alpha value is -3.05. The Morgan fingerprint density at radius 3 is 2.84 bits per heavy atom. The van der Waals surface area contributed by atoms with E-state index in [9.17, 15) is 9.59 Å². The summed E-state index contributed by atoms with van der Waals surface area (Å²) in [4.78, 5) is 34.8. The van der Waals surface area contributed by atoms with Gasteiger partial charge in [0, 0.05) is 50.0 Å². The van der Waals surface area contributed by atoms with Gasteiger partial charge in [-0.1, -0.05) is 19.8 Å². The highest BCUT2D eigenvalue weighted by Gasteiger charge is 2.28. The second-order valence-corrected chi connectivity index (χ2v) is 11.0. The van der Waals surface area contributed by atoms with Gasteiger partial charge < -0.3 is 20.4 Å². The largest absolute Gasteiger partial charge is 0.464 e. The summed E-state index contributed by atoms with van der Waals surface area (Å²) in [6, 6.07) is 2.71. The molecule has 3 aromatic heterocycles. The summed E-state index contributed by atoms with van der Waals surface area (Å²) in [7, 11) is 1.72. The highest BCUT2D eigenvalue weighted by atomic mass is 79.9. The molecule has 1 saturated carbocycles. The van der Waals surface area contributed by atoms with E-state index < -0.39 is 12.0 Å². The average Bonchev–Trinajstić information content (AvgIpc) is 3.27. The second kappa shape index (κ2) is 10.7. The SMILES string of the molecule is CC1Cc2cc(=O)n(C)cc2CNc2cc(nc3c(Br)cnn23)N=CC2CCCC[C@H]2COC(=O)[C@@H]1N. The molecule has 3 N–H and O–H groups in total. The van der Waals surface area contributed by atoms with Crippen LogP contribution >= 0.6 is 15.9 Å². The van der Waals surface area contributed by atoms with Crippen molar-refractivity contribution in [2.24, 2.45) is 35.5 Å². The van der Waals surface area contributed by atoms with Crippen LogP contribution in [0.1, 0.15) is 43.7 Å². The van der Waals surface area contributed by atoms with Gasteiger partial charge in [-0.05, 0) is 52.2 Å². The van der Waals surface area contributed by atoms with Crippen LogP contribution in [0.5, 0.6) is 0 Å². The number of aryl methyl sites for hydroxylation is 1. The minimum absolute atomic E-state index is 0.115. The second-order valence-electron chi connectivity index (χ2n) is 10.2. The van der Waals surface area contributed by atoms with E-state index >= 15 is 0 Å². The molecule has 4 heterocycles. The first kappa shape index (κ1) is 25.6. The Morgan fingerprint density at radius 2 is 2.00 bits per heavy atom. The van der Waals surface area contributed by atoms with Gasteiger partial charge in [-0.3, -0.25) is 9.59 Å². The minimum Gasteiger partial charge on any atom is -0.464 e. The molecule has 2 aliphatic rings. The van der Waals surface area contributed by atoms with Crippen molar-refractivity contribution in [1.82, 2.24) is 19.2 Å². The van der Waals surface area contributed by atoms with Gasteiger partial charge in [0.25, 0.3) is 5.56 Å². The number of halogens is 1. The molecule has 0 aromatic carbocycles. The number of pyridine rings is 1. The summed E-state index contributed by atoms with van der Waals surface area (Å²) in [6.45, 7) is 2.67. The third kappa shape index (κ3) is 5.47. The average molecular weight is 570 g/mol. The minimum atomic E-state index is -0.781. The number of aliphatic imine (C=N–C) groups is 1. The highest BCUT2D eigenvalue weighted by molar-refractivity contribution is 9.10. The first-order valence-corrected chi connectivity index (χ1v) is 13.5. The number of fused-ring (bicyclic) bond motifs is 6. The van der Waals surface area contributed by atoms with Gasteiger partial charge in [0.15, 0.2) is 11.5 Å². The fourth-order valence-electron chi connectivity index (χ4n) is 5.18. The number of anilines is 1. The van der Waals surface area contributed by atoms with E-state index in [0.29, 0.717) is 31.0 Å². The van der Waals surface area contributed by atoms with Crippen molar-refractivity contribution in [3.8, 4) is 0 Å². The number of hydrogen-bond acceptors (Lipinski definition) is 8. The van der Waals surface area contributed by atoms with E-state index in [1.165, 1.54) is 0 Å². The molecule has 2 unspecified atom stereocenters. The van der Waals surface area contributed by atoms with Gasteiger partial charge in [-0.15, -0.1) is 0 Å². The predicted molar refractivity (Wildman–Crippen MR) is 145 cm³/mol. The molecule has 0 radical (unpaired) electrons. The third-order valence-electron chi connectivity index (χ3n) is 7.52. The summed E-state index contributed by atoms with van der Waals surface area (Å²) < 4.78 is 9.77. The molecule has 1 fully saturated rings. The number of hydrogen-bond donors (Lipinski definition) is 2. The summed E-state index contributed by atoms with van der Waals surface area (Å²) in [5.74, 6) is 1.06. The lowest BCUT2D eigenvalue weighted by Crippen LogP contribution is -2.40. The number of nitrogens with one attached hydrogen (secondary N) is 1. The van der Waals surface area contributed by atoms with Crippen LogP contribution < -0.4 is 16.6 Å². The molecule has 3 aromatic rings. The van der Waals surface area contributed by atoms with E-state index in [-0.39, 0.29) is 23.3 Å². The number of carbonyl (C=O) groups is 1. The fraction of sp³-hybridized carbons (Fsp3) is 0.500. The van der Waals surface area contributed by atoms with Crippen LogP contribution in [-0.2, 0) is 29.5 Å². The molecule has 0 amide bonds. The number of nitrogens with two attached hydrogens (primary N) is 1. The summed E-state index contributed by atoms with van der Waals surface area (Å²) in [5, 5.41) is 7.91. The third-order valence-corrected chi connectivity index (χ3v) is 8.07. The monoisotopic (exact) mass is 569 g/mol. The molecule has 4 atom stereocenters. The molecule has 0 spiro atoms. The van der Waals surface area contributed by atoms with E-state index in [2.05, 4.69) is 26.3 Å². The number of nitrogens with zero attached hydrogens (tertiary/aromatic N) is 5. The van der Waals surface area contributed by atoms with Crippen molar-refractivity contribution < 1.29 is 9.53 Å². The molecular weight excluding hydrogens is 538 g/mol. The van der Waals surface area contributed by atoms with E-state index in [1.54, 1.807) is 28.4 Å². The number of aromatic nitrogens is 4. The fourth-order valence-corrected chi connectivity index (χ4v) is 5.53. The number of rotatable bonds is 0. The van der Waals surface area contributed by atoms with Crippen LogP contribution in [0, 0.1) is 17.8 Å². The van der Waals surface area contributed by atoms with Crippen molar-refractivity contribution >= 4 is 45.4 Å². The van der Waals surface area contributed by atoms with Crippen LogP contribution in [0.15, 0.2) is 38.8 Å². The summed E-state index contributed by atoms with van der Waals surface area (Å²) in [6.07, 6.45) is 10.1. The van der Waals surface area contributed by atoms with E-state index in [4.69, 9.17) is 20.4 Å². The Labute approximate surface area is 223 Å². The first-order chi connectivity index (χ1) is 17.8. The van der Waals surface area contributed by atoms with Crippen LogP contribution in [0.3, 0.4) is 0 Å². The van der Waals surface area contributed by atoms with Crippen molar-refractivity contribution in [1.29, 1.82) is 0 Å². The zero-order chi connectivity index (χ0) is 26.1. The molecular formula is C26H32BrN7O3. The summed E-state index contributed by atoms with van der Waals surface area (Å²) in [5.41, 5.74) is 8.64. The van der Waals surface area contributed by atoms with Crippen molar-refractivity contribution in [2.75, 3.05) is 11.9 Å². The molecule has 2 bridgehead atoms. The maximum absolute atomic E-state index is 12.9. The lowest BCUT2D eigenvalue weighted by Gasteiger charge is -2.29. The van der Waals surface area contributed by atoms with E-state index in [1.807, 2.05) is 25.4 Å². The molecule has 5 rings (SSSR count). The van der Waals surface area contributed by atoms with Gasteiger partial charge in [-0.2, -0.15) is 9.61 Å². The number of esters is 1. The van der Waals surface area contributed by atoms with Gasteiger partial charge >= 0.3 is 5.97 Å². The Kier molecular flexibility index (Phi) is 7.43. The normalized spacial score (nSPS) is 25.0. The molecule has 11 heteroatoms. The van der Waals surface area contributed by atoms with Gasteiger partial charge in [0.2, 0.25) is 0 Å². The van der Waals surface area contributed by atoms with Crippen molar-refractivity contribution in [2.45, 2.75) is 51.6 Å². The number of ether oxygens (including phenoxy) is 1. The lowest BCUT2D eigenvalue weighted by atomic mass is 9.80. The van der Waals surface area contributed by atoms with Crippen LogP contribution in [0.4, 0.5) is 11.6 Å². The van der Waals surface area contributed by atoms with Crippen molar-refractivity contribution in [3.05, 3.63) is 50.5 Å². The molecule has 0 saturated heterocycles. The maximum atomic E-state index is 12.9. The molecule has 196 valence electrons. The van der Waals surface area contributed by atoms with Gasteiger partial charge in [0.05, 0.1) is 17.3 Å². The maximum Gasteiger partial charge on any atom is 0.323 e. The standard InChI is InChI=1S/C26H32BrN7O3/c1-15-7-18-8-23(35)33(2)13-19(18)11-30-22-9-21(32-25-20(27)12-31-34(22)25)29-10-16-5-3-4-6-17(16)14-37-26(36)24(15)28/h8-10,12-13,15-17,24,30H,3-7,11,14,28H2,1-2H3/t15?,16?,17-,24+/m0/s1. The van der Waals surface area contributed by atoms with E-state index in [0.717, 1.165) is 47.1 Å². The first-order valence-electron chi connectivity index (χ1n) is 12.7.